The molecule has 1 N–H and O–H groups in total. The Morgan fingerprint density at radius 3 is 2.70 bits per heavy atom. The molecule has 0 aliphatic heterocycles. The summed E-state index contributed by atoms with van der Waals surface area (Å²) in [5, 5.41) is 4.24. The molecule has 1 unspecified atom stereocenters. The van der Waals surface area contributed by atoms with E-state index in [2.05, 4.69) is 43.4 Å². The fourth-order valence-electron chi connectivity index (χ4n) is 2.12. The SMILES string of the molecule is CCOc1cc(C)ccc1NC(C)c1cccc(Cl)c1. The van der Waals surface area contributed by atoms with Crippen LogP contribution in [-0.2, 0) is 0 Å². The number of ether oxygens (including phenoxy) is 1. The van der Waals surface area contributed by atoms with Gasteiger partial charge in [0.1, 0.15) is 5.75 Å². The molecule has 0 saturated carbocycles. The largest absolute Gasteiger partial charge is 0.492 e. The van der Waals surface area contributed by atoms with E-state index in [1.165, 1.54) is 5.56 Å². The molecule has 106 valence electrons. The normalized spacial score (nSPS) is 12.0. The third-order valence-electron chi connectivity index (χ3n) is 3.16. The van der Waals surface area contributed by atoms with E-state index in [-0.39, 0.29) is 6.04 Å². The predicted molar refractivity (Wildman–Crippen MR) is 85.8 cm³/mol. The molecule has 0 heterocycles. The van der Waals surface area contributed by atoms with Gasteiger partial charge in [0.2, 0.25) is 0 Å². The lowest BCUT2D eigenvalue weighted by Crippen LogP contribution is -2.08. The molecule has 0 fully saturated rings. The van der Waals surface area contributed by atoms with E-state index in [0.717, 1.165) is 22.0 Å². The van der Waals surface area contributed by atoms with E-state index in [4.69, 9.17) is 16.3 Å². The van der Waals surface area contributed by atoms with Gasteiger partial charge in [-0.3, -0.25) is 0 Å². The first-order chi connectivity index (χ1) is 9.60. The van der Waals surface area contributed by atoms with Crippen molar-refractivity contribution < 1.29 is 4.74 Å². The molecule has 2 aromatic carbocycles. The summed E-state index contributed by atoms with van der Waals surface area (Å²) in [5.74, 6) is 0.890. The molecule has 2 aromatic rings. The lowest BCUT2D eigenvalue weighted by Gasteiger charge is -2.19. The van der Waals surface area contributed by atoms with Gasteiger partial charge in [-0.05, 0) is 56.2 Å². The van der Waals surface area contributed by atoms with Gasteiger partial charge < -0.3 is 10.1 Å². The topological polar surface area (TPSA) is 21.3 Å². The molecule has 1 atom stereocenters. The van der Waals surface area contributed by atoms with Gasteiger partial charge in [0.05, 0.1) is 12.3 Å². The van der Waals surface area contributed by atoms with Gasteiger partial charge >= 0.3 is 0 Å². The van der Waals surface area contributed by atoms with Crippen molar-refractivity contribution in [3.63, 3.8) is 0 Å². The van der Waals surface area contributed by atoms with Crippen molar-refractivity contribution in [3.05, 3.63) is 58.6 Å². The summed E-state index contributed by atoms with van der Waals surface area (Å²) >= 11 is 6.04. The Hall–Kier alpha value is -1.67. The molecular formula is C17H20ClNO. The van der Waals surface area contributed by atoms with Gasteiger partial charge in [-0.15, -0.1) is 0 Å². The van der Waals surface area contributed by atoms with Crippen LogP contribution >= 0.6 is 11.6 Å². The smallest absolute Gasteiger partial charge is 0.142 e. The number of benzene rings is 2. The molecule has 0 spiro atoms. The Morgan fingerprint density at radius 1 is 1.20 bits per heavy atom. The summed E-state index contributed by atoms with van der Waals surface area (Å²) in [6, 6.07) is 14.2. The van der Waals surface area contributed by atoms with Crippen molar-refractivity contribution in [1.82, 2.24) is 0 Å². The highest BCUT2D eigenvalue weighted by Crippen LogP contribution is 2.30. The molecule has 0 amide bonds. The third-order valence-corrected chi connectivity index (χ3v) is 3.39. The van der Waals surface area contributed by atoms with Gasteiger partial charge in [-0.2, -0.15) is 0 Å². The molecule has 0 aliphatic rings. The molecule has 0 bridgehead atoms. The molecule has 0 aliphatic carbocycles. The van der Waals surface area contributed by atoms with Gasteiger partial charge in [-0.1, -0.05) is 29.8 Å². The van der Waals surface area contributed by atoms with E-state index in [0.29, 0.717) is 6.61 Å². The molecule has 3 heteroatoms. The Morgan fingerprint density at radius 2 is 2.00 bits per heavy atom. The maximum absolute atomic E-state index is 6.04. The fraction of sp³-hybridized carbons (Fsp3) is 0.294. The number of halogens is 1. The zero-order chi connectivity index (χ0) is 14.5. The highest BCUT2D eigenvalue weighted by molar-refractivity contribution is 6.30. The van der Waals surface area contributed by atoms with Crippen molar-refractivity contribution in [2.75, 3.05) is 11.9 Å². The number of aryl methyl sites for hydroxylation is 1. The quantitative estimate of drug-likeness (QED) is 0.815. The molecule has 0 aromatic heterocycles. The monoisotopic (exact) mass is 289 g/mol. The van der Waals surface area contributed by atoms with Gasteiger partial charge in [0, 0.05) is 11.1 Å². The van der Waals surface area contributed by atoms with Crippen LogP contribution in [0.1, 0.15) is 31.0 Å². The Labute approximate surface area is 125 Å². The number of anilines is 1. The number of hydrogen-bond donors (Lipinski definition) is 1. The average Bonchev–Trinajstić information content (AvgIpc) is 2.42. The minimum Gasteiger partial charge on any atom is -0.492 e. The summed E-state index contributed by atoms with van der Waals surface area (Å²) in [5.41, 5.74) is 3.35. The zero-order valence-corrected chi connectivity index (χ0v) is 12.9. The van der Waals surface area contributed by atoms with E-state index in [9.17, 15) is 0 Å². The first kappa shape index (κ1) is 14.7. The lowest BCUT2D eigenvalue weighted by molar-refractivity contribution is 0.341. The third kappa shape index (κ3) is 3.67. The van der Waals surface area contributed by atoms with E-state index < -0.39 is 0 Å². The zero-order valence-electron chi connectivity index (χ0n) is 12.1. The van der Waals surface area contributed by atoms with Gasteiger partial charge in [0.25, 0.3) is 0 Å². The summed E-state index contributed by atoms with van der Waals surface area (Å²) in [4.78, 5) is 0. The molecule has 0 saturated heterocycles. The number of hydrogen-bond acceptors (Lipinski definition) is 2. The van der Waals surface area contributed by atoms with Crippen LogP contribution in [0.4, 0.5) is 5.69 Å². The minimum absolute atomic E-state index is 0.163. The van der Waals surface area contributed by atoms with Gasteiger partial charge in [0.15, 0.2) is 0 Å². The molecule has 0 radical (unpaired) electrons. The average molecular weight is 290 g/mol. The lowest BCUT2D eigenvalue weighted by atomic mass is 10.1. The van der Waals surface area contributed by atoms with E-state index in [1.807, 2.05) is 25.1 Å². The second-order valence-corrected chi connectivity index (χ2v) is 5.29. The highest BCUT2D eigenvalue weighted by atomic mass is 35.5. The van der Waals surface area contributed by atoms with Crippen molar-refractivity contribution in [2.45, 2.75) is 26.8 Å². The summed E-state index contributed by atoms with van der Waals surface area (Å²) in [6.07, 6.45) is 0. The Balaban J connectivity index is 2.21. The van der Waals surface area contributed by atoms with Crippen LogP contribution in [0.5, 0.6) is 5.75 Å². The van der Waals surface area contributed by atoms with Crippen molar-refractivity contribution >= 4 is 17.3 Å². The first-order valence-electron chi connectivity index (χ1n) is 6.85. The van der Waals surface area contributed by atoms with Crippen molar-refractivity contribution in [1.29, 1.82) is 0 Å². The van der Waals surface area contributed by atoms with E-state index in [1.54, 1.807) is 0 Å². The molecule has 20 heavy (non-hydrogen) atoms. The predicted octanol–water partition coefficient (Wildman–Crippen LogP) is 5.22. The van der Waals surface area contributed by atoms with Crippen molar-refractivity contribution in [3.8, 4) is 5.75 Å². The van der Waals surface area contributed by atoms with Crippen LogP contribution in [0, 0.1) is 6.92 Å². The highest BCUT2D eigenvalue weighted by Gasteiger charge is 2.09. The second-order valence-electron chi connectivity index (χ2n) is 4.85. The molecule has 2 rings (SSSR count). The van der Waals surface area contributed by atoms with Crippen LogP contribution < -0.4 is 10.1 Å². The summed E-state index contributed by atoms with van der Waals surface area (Å²) in [6.45, 7) is 6.82. The minimum atomic E-state index is 0.163. The van der Waals surface area contributed by atoms with Crippen LogP contribution in [0.3, 0.4) is 0 Å². The summed E-state index contributed by atoms with van der Waals surface area (Å²) < 4.78 is 5.69. The summed E-state index contributed by atoms with van der Waals surface area (Å²) in [7, 11) is 0. The maximum atomic E-state index is 6.04. The molecular weight excluding hydrogens is 270 g/mol. The maximum Gasteiger partial charge on any atom is 0.142 e. The standard InChI is InChI=1S/C17H20ClNO/c1-4-20-17-10-12(2)8-9-16(17)19-13(3)14-6-5-7-15(18)11-14/h5-11,13,19H,4H2,1-3H3. The first-order valence-corrected chi connectivity index (χ1v) is 7.23. The van der Waals surface area contributed by atoms with E-state index >= 15 is 0 Å². The van der Waals surface area contributed by atoms with Crippen LogP contribution in [0.2, 0.25) is 5.02 Å². The fourth-order valence-corrected chi connectivity index (χ4v) is 2.31. The number of nitrogens with one attached hydrogen (secondary N) is 1. The molecule has 2 nitrogen and oxygen atoms in total. The number of rotatable bonds is 5. The van der Waals surface area contributed by atoms with Crippen molar-refractivity contribution in [2.24, 2.45) is 0 Å². The van der Waals surface area contributed by atoms with Crippen LogP contribution in [-0.4, -0.2) is 6.61 Å². The van der Waals surface area contributed by atoms with Gasteiger partial charge in [-0.25, -0.2) is 0 Å². The van der Waals surface area contributed by atoms with Crippen LogP contribution in [0.25, 0.3) is 0 Å². The van der Waals surface area contributed by atoms with Crippen LogP contribution in [0.15, 0.2) is 42.5 Å². The Bertz CT molecular complexity index is 583. The second kappa shape index (κ2) is 6.67. The Kier molecular flexibility index (Phi) is 4.91.